The molecule has 0 saturated carbocycles. The highest BCUT2D eigenvalue weighted by molar-refractivity contribution is 5.94. The molecule has 0 aliphatic rings. The van der Waals surface area contributed by atoms with E-state index < -0.39 is 11.9 Å². The summed E-state index contributed by atoms with van der Waals surface area (Å²) in [5.74, 6) is 1.14. The van der Waals surface area contributed by atoms with Gasteiger partial charge in [0, 0.05) is 5.56 Å². The lowest BCUT2D eigenvalue weighted by Gasteiger charge is -2.11. The fourth-order valence-corrected chi connectivity index (χ4v) is 3.46. The lowest BCUT2D eigenvalue weighted by molar-refractivity contribution is 0.0729. The second-order valence-electron chi connectivity index (χ2n) is 8.05. The molecule has 0 aliphatic carbocycles. The molecule has 0 radical (unpaired) electrons. The Labute approximate surface area is 206 Å². The summed E-state index contributed by atoms with van der Waals surface area (Å²) < 4.78 is 22.2. The van der Waals surface area contributed by atoms with E-state index >= 15 is 0 Å². The van der Waals surface area contributed by atoms with Crippen LogP contribution in [-0.2, 0) is 0 Å². The smallest absolute Gasteiger partial charge is 0.343 e. The average molecular weight is 477 g/mol. The van der Waals surface area contributed by atoms with Crippen molar-refractivity contribution in [3.63, 3.8) is 0 Å². The van der Waals surface area contributed by atoms with Gasteiger partial charge in [0.05, 0.1) is 24.3 Å². The molecular weight excluding hydrogens is 444 g/mol. The molecule has 0 aliphatic heterocycles. The molecule has 0 amide bonds. The lowest BCUT2D eigenvalue weighted by Crippen LogP contribution is -2.12. The van der Waals surface area contributed by atoms with Gasteiger partial charge in [-0.1, -0.05) is 32.3 Å². The summed E-state index contributed by atoms with van der Waals surface area (Å²) in [5, 5.41) is 0. The van der Waals surface area contributed by atoms with Crippen LogP contribution in [0, 0.1) is 6.92 Å². The first-order valence-electron chi connectivity index (χ1n) is 12.0. The summed E-state index contributed by atoms with van der Waals surface area (Å²) >= 11 is 0. The fourth-order valence-electron chi connectivity index (χ4n) is 3.46. The van der Waals surface area contributed by atoms with E-state index in [4.69, 9.17) is 18.9 Å². The SMILES string of the molecule is CCCCCCOc1ccc(OC(=O)c2ccc(OC(=O)c3cccc(OCC)c3C)cc2)cc1. The van der Waals surface area contributed by atoms with E-state index in [-0.39, 0.29) is 0 Å². The number of hydrogen-bond donors (Lipinski definition) is 0. The van der Waals surface area contributed by atoms with E-state index in [1.54, 1.807) is 60.7 Å². The second kappa shape index (κ2) is 13.2. The highest BCUT2D eigenvalue weighted by Gasteiger charge is 2.15. The van der Waals surface area contributed by atoms with Gasteiger partial charge in [0.25, 0.3) is 0 Å². The summed E-state index contributed by atoms with van der Waals surface area (Å²) in [6.07, 6.45) is 4.58. The van der Waals surface area contributed by atoms with Gasteiger partial charge in [0.1, 0.15) is 23.0 Å². The van der Waals surface area contributed by atoms with Gasteiger partial charge in [0.2, 0.25) is 0 Å². The molecule has 0 saturated heterocycles. The number of benzene rings is 3. The molecule has 6 nitrogen and oxygen atoms in total. The first-order chi connectivity index (χ1) is 17.0. The van der Waals surface area contributed by atoms with Crippen molar-refractivity contribution in [2.75, 3.05) is 13.2 Å². The monoisotopic (exact) mass is 476 g/mol. The maximum absolute atomic E-state index is 12.6. The van der Waals surface area contributed by atoms with Crippen molar-refractivity contribution < 1.29 is 28.5 Å². The average Bonchev–Trinajstić information content (AvgIpc) is 2.86. The van der Waals surface area contributed by atoms with Crippen LogP contribution in [0.5, 0.6) is 23.0 Å². The molecule has 0 bridgehead atoms. The van der Waals surface area contributed by atoms with Crippen molar-refractivity contribution in [3.8, 4) is 23.0 Å². The van der Waals surface area contributed by atoms with E-state index in [9.17, 15) is 9.59 Å². The molecule has 0 fully saturated rings. The zero-order chi connectivity index (χ0) is 25.0. The zero-order valence-corrected chi connectivity index (χ0v) is 20.5. The number of esters is 2. The highest BCUT2D eigenvalue weighted by Crippen LogP contribution is 2.24. The molecule has 0 aromatic heterocycles. The van der Waals surface area contributed by atoms with Crippen LogP contribution < -0.4 is 18.9 Å². The Kier molecular flexibility index (Phi) is 9.72. The van der Waals surface area contributed by atoms with Crippen LogP contribution in [0.1, 0.15) is 65.8 Å². The van der Waals surface area contributed by atoms with Crippen LogP contribution in [0.25, 0.3) is 0 Å². The van der Waals surface area contributed by atoms with E-state index in [0.717, 1.165) is 18.6 Å². The molecule has 0 unspecified atom stereocenters. The maximum atomic E-state index is 12.6. The van der Waals surface area contributed by atoms with Crippen molar-refractivity contribution in [1.29, 1.82) is 0 Å². The summed E-state index contributed by atoms with van der Waals surface area (Å²) in [5.41, 5.74) is 1.48. The highest BCUT2D eigenvalue weighted by atomic mass is 16.5. The molecule has 3 rings (SSSR count). The number of ether oxygens (including phenoxy) is 4. The van der Waals surface area contributed by atoms with Gasteiger partial charge in [-0.15, -0.1) is 0 Å². The van der Waals surface area contributed by atoms with Crippen LogP contribution in [0.4, 0.5) is 0 Å². The van der Waals surface area contributed by atoms with Crippen molar-refractivity contribution in [1.82, 2.24) is 0 Å². The van der Waals surface area contributed by atoms with Gasteiger partial charge in [-0.2, -0.15) is 0 Å². The lowest BCUT2D eigenvalue weighted by atomic mass is 10.1. The van der Waals surface area contributed by atoms with Gasteiger partial charge >= 0.3 is 11.9 Å². The standard InChI is InChI=1S/C29H32O6/c1-4-6-7-8-20-33-23-16-18-25(19-17-23)34-28(30)22-12-14-24(15-13-22)35-29(31)26-10-9-11-27(21(26)3)32-5-2/h9-19H,4-8,20H2,1-3H3. The quantitative estimate of drug-likeness (QED) is 0.163. The van der Waals surface area contributed by atoms with E-state index in [1.165, 1.54) is 12.8 Å². The molecule has 0 spiro atoms. The molecule has 0 N–H and O–H groups in total. The summed E-state index contributed by atoms with van der Waals surface area (Å²) in [6, 6.07) is 18.5. The van der Waals surface area contributed by atoms with E-state index in [0.29, 0.717) is 47.2 Å². The number of unbranched alkanes of at least 4 members (excludes halogenated alkanes) is 3. The van der Waals surface area contributed by atoms with Crippen LogP contribution in [-0.4, -0.2) is 25.2 Å². The van der Waals surface area contributed by atoms with Crippen LogP contribution in [0.2, 0.25) is 0 Å². The number of hydrogen-bond acceptors (Lipinski definition) is 6. The molecule has 0 heterocycles. The molecule has 0 atom stereocenters. The molecule has 184 valence electrons. The Morgan fingerprint density at radius 2 is 1.31 bits per heavy atom. The molecule has 3 aromatic carbocycles. The van der Waals surface area contributed by atoms with Crippen LogP contribution in [0.15, 0.2) is 66.7 Å². The molecule has 3 aromatic rings. The predicted octanol–water partition coefficient (Wildman–Crippen LogP) is 6.79. The van der Waals surface area contributed by atoms with E-state index in [1.807, 2.05) is 19.9 Å². The largest absolute Gasteiger partial charge is 0.494 e. The number of rotatable bonds is 12. The summed E-state index contributed by atoms with van der Waals surface area (Å²) in [7, 11) is 0. The molecular formula is C29H32O6. The summed E-state index contributed by atoms with van der Waals surface area (Å²) in [6.45, 7) is 7.06. The van der Waals surface area contributed by atoms with Gasteiger partial charge in [-0.05, 0) is 80.9 Å². The normalized spacial score (nSPS) is 10.5. The topological polar surface area (TPSA) is 71.1 Å². The minimum atomic E-state index is -0.503. The van der Waals surface area contributed by atoms with Crippen molar-refractivity contribution in [2.24, 2.45) is 0 Å². The third-order valence-corrected chi connectivity index (χ3v) is 5.41. The Hall–Kier alpha value is -3.80. The fraction of sp³-hybridized carbons (Fsp3) is 0.310. The molecule has 6 heteroatoms. The van der Waals surface area contributed by atoms with E-state index in [2.05, 4.69) is 6.92 Å². The minimum Gasteiger partial charge on any atom is -0.494 e. The summed E-state index contributed by atoms with van der Waals surface area (Å²) in [4.78, 5) is 25.1. The van der Waals surface area contributed by atoms with Gasteiger partial charge < -0.3 is 18.9 Å². The Morgan fingerprint density at radius 3 is 1.97 bits per heavy atom. The first-order valence-corrected chi connectivity index (χ1v) is 12.0. The minimum absolute atomic E-state index is 0.327. The third kappa shape index (κ3) is 7.60. The van der Waals surface area contributed by atoms with Crippen molar-refractivity contribution in [2.45, 2.75) is 46.5 Å². The Bertz CT molecular complexity index is 1100. The van der Waals surface area contributed by atoms with Crippen molar-refractivity contribution >= 4 is 11.9 Å². The van der Waals surface area contributed by atoms with Crippen LogP contribution in [0.3, 0.4) is 0 Å². The zero-order valence-electron chi connectivity index (χ0n) is 20.5. The second-order valence-corrected chi connectivity index (χ2v) is 8.05. The van der Waals surface area contributed by atoms with Gasteiger partial charge in [0.15, 0.2) is 0 Å². The van der Waals surface area contributed by atoms with Gasteiger partial charge in [-0.3, -0.25) is 0 Å². The van der Waals surface area contributed by atoms with Crippen LogP contribution >= 0.6 is 0 Å². The number of carbonyl (C=O) groups excluding carboxylic acids is 2. The Morgan fingerprint density at radius 1 is 0.686 bits per heavy atom. The maximum Gasteiger partial charge on any atom is 0.343 e. The first kappa shape index (κ1) is 25.8. The predicted molar refractivity (Wildman–Crippen MR) is 135 cm³/mol. The van der Waals surface area contributed by atoms with Crippen molar-refractivity contribution in [3.05, 3.63) is 83.4 Å². The van der Waals surface area contributed by atoms with Gasteiger partial charge in [-0.25, -0.2) is 9.59 Å². The Balaban J connectivity index is 1.53. The molecule has 35 heavy (non-hydrogen) atoms. The third-order valence-electron chi connectivity index (χ3n) is 5.41. The number of carbonyl (C=O) groups is 2.